The number of aryl methyl sites for hydroxylation is 2. The number of nitrogens with zero attached hydrogens (tertiary/aromatic N) is 2. The SMILES string of the molecule is O=C(N[C@@H](CCOC1CC(CCc2ccc3c(n2)NCCC3)C1)C(=O)O)OC1CCN(CS(=O)[O-])C1. The summed E-state index contributed by atoms with van der Waals surface area (Å²) in [6.45, 7) is 2.03. The molecule has 2 aliphatic heterocycles. The summed E-state index contributed by atoms with van der Waals surface area (Å²) in [5, 5.41) is 15.2. The molecule has 3 atom stereocenters. The van der Waals surface area contributed by atoms with Gasteiger partial charge in [0.05, 0.1) is 12.0 Å². The lowest BCUT2D eigenvalue weighted by Gasteiger charge is -2.35. The van der Waals surface area contributed by atoms with E-state index in [1.807, 2.05) is 0 Å². The molecule has 12 heteroatoms. The molecule has 1 aliphatic carbocycles. The highest BCUT2D eigenvalue weighted by Crippen LogP contribution is 2.34. The van der Waals surface area contributed by atoms with Gasteiger partial charge in [-0.25, -0.2) is 14.6 Å². The molecule has 2 fully saturated rings. The second-order valence-corrected chi connectivity index (χ2v) is 10.7. The van der Waals surface area contributed by atoms with E-state index in [0.717, 1.165) is 56.6 Å². The van der Waals surface area contributed by atoms with Crippen molar-refractivity contribution in [3.63, 3.8) is 0 Å². The van der Waals surface area contributed by atoms with Crippen molar-refractivity contribution >= 4 is 29.0 Å². The summed E-state index contributed by atoms with van der Waals surface area (Å²) in [5.74, 6) is 0.348. The minimum atomic E-state index is -2.19. The molecule has 0 spiro atoms. The summed E-state index contributed by atoms with van der Waals surface area (Å²) in [4.78, 5) is 30.1. The van der Waals surface area contributed by atoms with Crippen LogP contribution in [0.1, 0.15) is 49.8 Å². The molecule has 1 saturated carbocycles. The number of rotatable bonds is 12. The van der Waals surface area contributed by atoms with Crippen LogP contribution in [0.15, 0.2) is 12.1 Å². The van der Waals surface area contributed by atoms with Crippen LogP contribution in [0.25, 0.3) is 0 Å². The number of aliphatic carboxylic acids is 1. The van der Waals surface area contributed by atoms with Crippen LogP contribution in [0.5, 0.6) is 0 Å². The highest BCUT2D eigenvalue weighted by Gasteiger charge is 2.31. The van der Waals surface area contributed by atoms with E-state index in [0.29, 0.717) is 25.4 Å². The molecule has 1 amide bonds. The monoisotopic (exact) mass is 523 g/mol. The Morgan fingerprint density at radius 1 is 1.33 bits per heavy atom. The lowest BCUT2D eigenvalue weighted by atomic mass is 9.79. The number of carbonyl (C=O) groups excluding carboxylic acids is 1. The van der Waals surface area contributed by atoms with Gasteiger partial charge in [-0.3, -0.25) is 9.11 Å². The zero-order valence-electron chi connectivity index (χ0n) is 20.4. The van der Waals surface area contributed by atoms with Gasteiger partial charge in [-0.1, -0.05) is 6.07 Å². The van der Waals surface area contributed by atoms with Crippen molar-refractivity contribution in [2.75, 3.05) is 37.4 Å². The van der Waals surface area contributed by atoms with E-state index in [9.17, 15) is 23.5 Å². The summed E-state index contributed by atoms with van der Waals surface area (Å²) < 4.78 is 32.7. The van der Waals surface area contributed by atoms with Crippen LogP contribution in [0.3, 0.4) is 0 Å². The molecular formula is C24H35N4O7S-. The van der Waals surface area contributed by atoms with Crippen LogP contribution in [0.4, 0.5) is 10.6 Å². The molecule has 1 aromatic rings. The van der Waals surface area contributed by atoms with E-state index in [1.165, 1.54) is 5.56 Å². The molecule has 3 heterocycles. The van der Waals surface area contributed by atoms with Gasteiger partial charge < -0.3 is 29.8 Å². The number of fused-ring (bicyclic) bond motifs is 1. The number of likely N-dealkylation sites (tertiary alicyclic amines) is 1. The quantitative estimate of drug-likeness (QED) is 0.345. The highest BCUT2D eigenvalue weighted by molar-refractivity contribution is 7.79. The summed E-state index contributed by atoms with van der Waals surface area (Å²) in [6, 6.07) is 3.20. The fourth-order valence-electron chi connectivity index (χ4n) is 5.00. The molecule has 0 radical (unpaired) electrons. The Kier molecular flexibility index (Phi) is 9.52. The van der Waals surface area contributed by atoms with Gasteiger partial charge >= 0.3 is 12.1 Å². The fraction of sp³-hybridized carbons (Fsp3) is 0.708. The number of carboxylic acid groups (broad SMARTS) is 1. The van der Waals surface area contributed by atoms with Crippen LogP contribution >= 0.6 is 0 Å². The molecule has 3 N–H and O–H groups in total. The van der Waals surface area contributed by atoms with Gasteiger partial charge in [0.2, 0.25) is 0 Å². The van der Waals surface area contributed by atoms with E-state index < -0.39 is 35.3 Å². The van der Waals surface area contributed by atoms with Gasteiger partial charge in [0.25, 0.3) is 0 Å². The topological polar surface area (TPSA) is 153 Å². The van der Waals surface area contributed by atoms with Gasteiger partial charge in [-0.05, 0) is 73.6 Å². The lowest BCUT2D eigenvalue weighted by Crippen LogP contribution is -2.43. The number of hydrogen-bond acceptors (Lipinski definition) is 9. The maximum absolute atomic E-state index is 12.1. The summed E-state index contributed by atoms with van der Waals surface area (Å²) in [5.41, 5.74) is 2.41. The third-order valence-corrected chi connectivity index (χ3v) is 7.67. The van der Waals surface area contributed by atoms with Gasteiger partial charge in [-0.15, -0.1) is 0 Å². The first kappa shape index (κ1) is 26.8. The van der Waals surface area contributed by atoms with E-state index in [1.54, 1.807) is 4.90 Å². The molecule has 2 unspecified atom stereocenters. The Balaban J connectivity index is 1.09. The van der Waals surface area contributed by atoms with Gasteiger partial charge in [0, 0.05) is 38.4 Å². The number of pyridine rings is 1. The number of hydrogen-bond donors (Lipinski definition) is 3. The predicted octanol–water partition coefficient (Wildman–Crippen LogP) is 1.65. The summed E-state index contributed by atoms with van der Waals surface area (Å²) in [6.07, 6.45) is 5.62. The standard InChI is InChI=1S/C24H36N4O7S/c29-23(30)21(27-24(31)35-19-7-10-28(14-19)15-36(32)33)8-11-34-20-12-16(13-20)3-5-18-6-4-17-2-1-9-25-22(17)26-18/h4,6,16,19-21H,1-3,5,7-15H2,(H,25,26)(H,27,31)(H,29,30)(H,32,33)/p-1/t16?,19?,20?,21-/m0/s1. The van der Waals surface area contributed by atoms with Crippen LogP contribution < -0.4 is 10.6 Å². The molecule has 3 aliphatic rings. The number of carboxylic acids is 1. The van der Waals surface area contributed by atoms with Crippen molar-refractivity contribution < 1.29 is 32.9 Å². The number of aromatic nitrogens is 1. The van der Waals surface area contributed by atoms with Gasteiger partial charge in [-0.2, -0.15) is 0 Å². The maximum Gasteiger partial charge on any atom is 0.408 e. The average molecular weight is 524 g/mol. The number of nitrogens with one attached hydrogen (secondary N) is 2. The molecule has 36 heavy (non-hydrogen) atoms. The first-order valence-electron chi connectivity index (χ1n) is 12.7. The zero-order valence-corrected chi connectivity index (χ0v) is 21.2. The lowest BCUT2D eigenvalue weighted by molar-refractivity contribution is -0.140. The van der Waals surface area contributed by atoms with Gasteiger partial charge in [0.1, 0.15) is 18.0 Å². The van der Waals surface area contributed by atoms with Crippen molar-refractivity contribution in [3.8, 4) is 0 Å². The number of carbonyl (C=O) groups is 2. The number of anilines is 1. The van der Waals surface area contributed by atoms with Crippen LogP contribution in [-0.2, 0) is 38.2 Å². The summed E-state index contributed by atoms with van der Waals surface area (Å²) in [7, 11) is 0. The molecule has 0 bridgehead atoms. The second kappa shape index (κ2) is 12.8. The van der Waals surface area contributed by atoms with E-state index >= 15 is 0 Å². The molecule has 1 aromatic heterocycles. The third kappa shape index (κ3) is 7.86. The Morgan fingerprint density at radius 2 is 2.17 bits per heavy atom. The predicted molar refractivity (Wildman–Crippen MR) is 131 cm³/mol. The fourth-order valence-corrected chi connectivity index (χ4v) is 5.54. The minimum absolute atomic E-state index is 0.110. The number of alkyl carbamates (subject to hydrolysis) is 1. The van der Waals surface area contributed by atoms with Crippen molar-refractivity contribution in [3.05, 3.63) is 23.4 Å². The average Bonchev–Trinajstić information content (AvgIpc) is 3.24. The Morgan fingerprint density at radius 3 is 2.94 bits per heavy atom. The molecule has 0 aromatic carbocycles. The zero-order chi connectivity index (χ0) is 25.5. The smallest absolute Gasteiger partial charge is 0.408 e. The Bertz CT molecular complexity index is 943. The van der Waals surface area contributed by atoms with Crippen LogP contribution in [0.2, 0.25) is 0 Å². The van der Waals surface area contributed by atoms with Crippen molar-refractivity contribution in [1.82, 2.24) is 15.2 Å². The maximum atomic E-state index is 12.1. The normalized spacial score (nSPS) is 25.2. The van der Waals surface area contributed by atoms with Crippen molar-refractivity contribution in [1.29, 1.82) is 0 Å². The molecule has 4 rings (SSSR count). The molecular weight excluding hydrogens is 488 g/mol. The van der Waals surface area contributed by atoms with Gasteiger partial charge in [0.15, 0.2) is 0 Å². The number of amides is 1. The highest BCUT2D eigenvalue weighted by atomic mass is 32.2. The summed E-state index contributed by atoms with van der Waals surface area (Å²) >= 11 is -2.19. The molecule has 11 nitrogen and oxygen atoms in total. The second-order valence-electron chi connectivity index (χ2n) is 9.86. The van der Waals surface area contributed by atoms with Crippen molar-refractivity contribution in [2.24, 2.45) is 5.92 Å². The Labute approximate surface area is 213 Å². The van der Waals surface area contributed by atoms with E-state index in [2.05, 4.69) is 22.8 Å². The first-order chi connectivity index (χ1) is 17.4. The first-order valence-corrected chi connectivity index (χ1v) is 13.9. The third-order valence-electron chi connectivity index (χ3n) is 7.09. The van der Waals surface area contributed by atoms with Crippen LogP contribution in [0, 0.1) is 5.92 Å². The van der Waals surface area contributed by atoms with E-state index in [4.69, 9.17) is 14.5 Å². The minimum Gasteiger partial charge on any atom is -0.771 e. The Hall–Kier alpha value is -2.28. The van der Waals surface area contributed by atoms with Crippen LogP contribution in [-0.4, -0.2) is 86.2 Å². The van der Waals surface area contributed by atoms with E-state index in [-0.39, 0.29) is 25.0 Å². The number of ether oxygens (including phenoxy) is 2. The molecule has 1 saturated heterocycles. The van der Waals surface area contributed by atoms with Crippen molar-refractivity contribution in [2.45, 2.75) is 69.6 Å². The molecule has 200 valence electrons. The largest absolute Gasteiger partial charge is 0.771 e.